The normalized spacial score (nSPS) is 10.3. The zero-order chi connectivity index (χ0) is 10.6. The van der Waals surface area contributed by atoms with Gasteiger partial charge in [-0.1, -0.05) is 11.6 Å². The van der Waals surface area contributed by atoms with Gasteiger partial charge in [0.15, 0.2) is 0 Å². The second kappa shape index (κ2) is 5.56. The first-order chi connectivity index (χ1) is 6.69. The molecular formula is C9H11BrClNO2. The van der Waals surface area contributed by atoms with E-state index in [0.29, 0.717) is 18.1 Å². The van der Waals surface area contributed by atoms with Gasteiger partial charge in [-0.05, 0) is 33.6 Å². The van der Waals surface area contributed by atoms with E-state index in [9.17, 15) is 0 Å². The van der Waals surface area contributed by atoms with Gasteiger partial charge < -0.3 is 9.57 Å². The summed E-state index contributed by atoms with van der Waals surface area (Å²) in [4.78, 5) is 4.51. The third kappa shape index (κ3) is 2.85. The monoisotopic (exact) mass is 279 g/mol. The molecule has 0 bridgehead atoms. The maximum absolute atomic E-state index is 5.90. The van der Waals surface area contributed by atoms with Gasteiger partial charge in [0.2, 0.25) is 0 Å². The Balaban J connectivity index is 2.99. The van der Waals surface area contributed by atoms with Gasteiger partial charge in [-0.3, -0.25) is 0 Å². The van der Waals surface area contributed by atoms with Gasteiger partial charge in [-0.2, -0.15) is 0 Å². The summed E-state index contributed by atoms with van der Waals surface area (Å²) in [5.41, 5.74) is 0.970. The molecule has 0 unspecified atom stereocenters. The third-order valence-electron chi connectivity index (χ3n) is 1.78. The second-order valence-corrected chi connectivity index (χ2v) is 3.99. The molecule has 0 aliphatic rings. The average Bonchev–Trinajstić information content (AvgIpc) is 2.14. The first kappa shape index (κ1) is 11.8. The molecule has 1 aromatic rings. The van der Waals surface area contributed by atoms with Crippen molar-refractivity contribution in [3.05, 3.63) is 27.2 Å². The number of nitrogens with two attached hydrogens (primary N) is 1. The van der Waals surface area contributed by atoms with Crippen molar-refractivity contribution in [1.82, 2.24) is 0 Å². The molecule has 0 spiro atoms. The van der Waals surface area contributed by atoms with Crippen LogP contribution in [0.1, 0.15) is 5.56 Å². The molecule has 1 aromatic carbocycles. The number of rotatable bonds is 4. The Morgan fingerprint density at radius 1 is 1.50 bits per heavy atom. The first-order valence-electron chi connectivity index (χ1n) is 4.02. The van der Waals surface area contributed by atoms with E-state index in [4.69, 9.17) is 22.2 Å². The van der Waals surface area contributed by atoms with Crippen LogP contribution in [-0.4, -0.2) is 13.7 Å². The van der Waals surface area contributed by atoms with E-state index < -0.39 is 0 Å². The third-order valence-corrected chi connectivity index (χ3v) is 2.59. The number of hydrogen-bond donors (Lipinski definition) is 1. The van der Waals surface area contributed by atoms with E-state index in [0.717, 1.165) is 15.8 Å². The van der Waals surface area contributed by atoms with E-state index in [-0.39, 0.29) is 0 Å². The molecule has 0 amide bonds. The highest BCUT2D eigenvalue weighted by Gasteiger charge is 2.08. The lowest BCUT2D eigenvalue weighted by molar-refractivity contribution is 0.140. The molecule has 2 N–H and O–H groups in total. The standard InChI is InChI=1S/C9H11BrClNO2/c1-13-9-6(2-3-14-12)4-7(11)5-8(9)10/h4-5H,2-3,12H2,1H3. The fourth-order valence-electron chi connectivity index (χ4n) is 1.20. The van der Waals surface area contributed by atoms with Crippen molar-refractivity contribution >= 4 is 27.5 Å². The maximum Gasteiger partial charge on any atom is 0.136 e. The van der Waals surface area contributed by atoms with Crippen LogP contribution in [0.25, 0.3) is 0 Å². The van der Waals surface area contributed by atoms with Crippen LogP contribution in [0.4, 0.5) is 0 Å². The predicted molar refractivity (Wildman–Crippen MR) is 59.5 cm³/mol. The summed E-state index contributed by atoms with van der Waals surface area (Å²) in [5.74, 6) is 5.73. The zero-order valence-corrected chi connectivity index (χ0v) is 10.1. The molecule has 3 nitrogen and oxygen atoms in total. The SMILES string of the molecule is COc1c(Br)cc(Cl)cc1CCON. The minimum Gasteiger partial charge on any atom is -0.495 e. The van der Waals surface area contributed by atoms with Gasteiger partial charge in [-0.25, -0.2) is 5.90 Å². The molecule has 14 heavy (non-hydrogen) atoms. The minimum atomic E-state index is 0.434. The zero-order valence-electron chi connectivity index (χ0n) is 7.72. The average molecular weight is 281 g/mol. The van der Waals surface area contributed by atoms with E-state index >= 15 is 0 Å². The van der Waals surface area contributed by atoms with Crippen LogP contribution in [-0.2, 0) is 11.3 Å². The largest absolute Gasteiger partial charge is 0.495 e. The Kier molecular flexibility index (Phi) is 4.68. The molecule has 1 rings (SSSR count). The molecule has 78 valence electrons. The van der Waals surface area contributed by atoms with Gasteiger partial charge in [0, 0.05) is 11.4 Å². The highest BCUT2D eigenvalue weighted by Crippen LogP contribution is 2.32. The second-order valence-electron chi connectivity index (χ2n) is 2.70. The van der Waals surface area contributed by atoms with E-state index in [2.05, 4.69) is 20.8 Å². The lowest BCUT2D eigenvalue weighted by atomic mass is 10.1. The van der Waals surface area contributed by atoms with Gasteiger partial charge in [0.25, 0.3) is 0 Å². The summed E-state index contributed by atoms with van der Waals surface area (Å²) >= 11 is 9.27. The Labute approximate surface area is 96.2 Å². The lowest BCUT2D eigenvalue weighted by Gasteiger charge is -2.10. The summed E-state index contributed by atoms with van der Waals surface area (Å²) < 4.78 is 6.06. The maximum atomic E-state index is 5.90. The number of benzene rings is 1. The molecule has 0 aliphatic heterocycles. The van der Waals surface area contributed by atoms with E-state index in [1.165, 1.54) is 0 Å². The summed E-state index contributed by atoms with van der Waals surface area (Å²) in [5, 5.41) is 0.657. The van der Waals surface area contributed by atoms with Crippen molar-refractivity contribution in [2.45, 2.75) is 6.42 Å². The number of hydrogen-bond acceptors (Lipinski definition) is 3. The van der Waals surface area contributed by atoms with Crippen molar-refractivity contribution in [1.29, 1.82) is 0 Å². The quantitative estimate of drug-likeness (QED) is 0.862. The number of ether oxygens (including phenoxy) is 1. The smallest absolute Gasteiger partial charge is 0.136 e. The minimum absolute atomic E-state index is 0.434. The molecular weight excluding hydrogens is 269 g/mol. The fourth-order valence-corrected chi connectivity index (χ4v) is 2.23. The van der Waals surface area contributed by atoms with Gasteiger partial charge in [0.1, 0.15) is 5.75 Å². The van der Waals surface area contributed by atoms with Crippen LogP contribution in [0, 0.1) is 0 Å². The van der Waals surface area contributed by atoms with Crippen LogP contribution < -0.4 is 10.6 Å². The Morgan fingerprint density at radius 3 is 2.79 bits per heavy atom. The topological polar surface area (TPSA) is 44.5 Å². The molecule has 0 fully saturated rings. The molecule has 0 saturated carbocycles. The van der Waals surface area contributed by atoms with Gasteiger partial charge in [0.05, 0.1) is 18.2 Å². The van der Waals surface area contributed by atoms with Crippen molar-refractivity contribution < 1.29 is 9.57 Å². The number of methoxy groups -OCH3 is 1. The van der Waals surface area contributed by atoms with Crippen molar-refractivity contribution in [2.75, 3.05) is 13.7 Å². The predicted octanol–water partition coefficient (Wildman–Crippen LogP) is 2.54. The van der Waals surface area contributed by atoms with Gasteiger partial charge >= 0.3 is 0 Å². The van der Waals surface area contributed by atoms with E-state index in [1.54, 1.807) is 13.2 Å². The highest BCUT2D eigenvalue weighted by molar-refractivity contribution is 9.10. The molecule has 0 heterocycles. The first-order valence-corrected chi connectivity index (χ1v) is 5.19. The van der Waals surface area contributed by atoms with Crippen LogP contribution in [0.5, 0.6) is 5.75 Å². The van der Waals surface area contributed by atoms with Gasteiger partial charge in [-0.15, -0.1) is 0 Å². The van der Waals surface area contributed by atoms with Crippen molar-refractivity contribution in [2.24, 2.45) is 5.90 Å². The van der Waals surface area contributed by atoms with Crippen LogP contribution in [0.2, 0.25) is 5.02 Å². The van der Waals surface area contributed by atoms with E-state index in [1.807, 2.05) is 6.07 Å². The highest BCUT2D eigenvalue weighted by atomic mass is 79.9. The molecule has 0 atom stereocenters. The summed E-state index contributed by atoms with van der Waals surface area (Å²) in [6.07, 6.45) is 0.666. The molecule has 0 radical (unpaired) electrons. The Hall–Kier alpha value is -0.290. The lowest BCUT2D eigenvalue weighted by Crippen LogP contribution is -2.05. The summed E-state index contributed by atoms with van der Waals surface area (Å²) in [6, 6.07) is 3.62. The molecule has 5 heteroatoms. The van der Waals surface area contributed by atoms with Crippen molar-refractivity contribution in [3.63, 3.8) is 0 Å². The van der Waals surface area contributed by atoms with Crippen LogP contribution in [0.3, 0.4) is 0 Å². The summed E-state index contributed by atoms with van der Waals surface area (Å²) in [6.45, 7) is 0.434. The van der Waals surface area contributed by atoms with Crippen molar-refractivity contribution in [3.8, 4) is 5.75 Å². The fraction of sp³-hybridized carbons (Fsp3) is 0.333. The number of halogens is 2. The molecule has 0 aliphatic carbocycles. The molecule has 0 saturated heterocycles. The molecule has 0 aromatic heterocycles. The Morgan fingerprint density at radius 2 is 2.21 bits per heavy atom. The van der Waals surface area contributed by atoms with Crippen LogP contribution in [0.15, 0.2) is 16.6 Å². The summed E-state index contributed by atoms with van der Waals surface area (Å²) in [7, 11) is 1.61. The van der Waals surface area contributed by atoms with Crippen LogP contribution >= 0.6 is 27.5 Å². The Bertz CT molecular complexity index is 320.